The fourth-order valence-corrected chi connectivity index (χ4v) is 2.44. The monoisotopic (exact) mass is 327 g/mol. The van der Waals surface area contributed by atoms with Gasteiger partial charge in [-0.05, 0) is 24.6 Å². The molecule has 1 heterocycles. The number of aromatic nitrogens is 2. The van der Waals surface area contributed by atoms with Crippen LogP contribution in [0.25, 0.3) is 0 Å². The van der Waals surface area contributed by atoms with Gasteiger partial charge in [0.1, 0.15) is 6.61 Å². The van der Waals surface area contributed by atoms with Gasteiger partial charge in [0.2, 0.25) is 0 Å². The third-order valence-corrected chi connectivity index (χ3v) is 3.75. The Morgan fingerprint density at radius 1 is 1.43 bits per heavy atom. The Labute approximate surface area is 132 Å². The second kappa shape index (κ2) is 6.37. The number of nitrogens with zero attached hydrogens (tertiary/aromatic N) is 2. The van der Waals surface area contributed by atoms with Crippen molar-refractivity contribution in [1.29, 1.82) is 0 Å². The van der Waals surface area contributed by atoms with Crippen LogP contribution in [0.15, 0.2) is 18.2 Å². The number of ether oxygens (including phenoxy) is 1. The minimum atomic E-state index is -0.528. The van der Waals surface area contributed by atoms with Crippen molar-refractivity contribution in [3.05, 3.63) is 45.2 Å². The molecule has 0 saturated heterocycles. The highest BCUT2D eigenvalue weighted by Gasteiger charge is 2.17. The zero-order valence-electron chi connectivity index (χ0n) is 11.7. The van der Waals surface area contributed by atoms with Gasteiger partial charge >= 0.3 is 5.97 Å². The highest BCUT2D eigenvalue weighted by Crippen LogP contribution is 2.23. The molecule has 7 heteroatoms. The summed E-state index contributed by atoms with van der Waals surface area (Å²) in [5, 5.41) is 5.25. The molecule has 0 radical (unpaired) electrons. The molecule has 0 amide bonds. The molecule has 0 unspecified atom stereocenters. The summed E-state index contributed by atoms with van der Waals surface area (Å²) < 4.78 is 6.86. The van der Waals surface area contributed by atoms with E-state index in [0.29, 0.717) is 22.2 Å². The van der Waals surface area contributed by atoms with Gasteiger partial charge in [0.05, 0.1) is 22.0 Å². The smallest absolute Gasteiger partial charge is 0.340 e. The average molecular weight is 328 g/mol. The fraction of sp³-hybridized carbons (Fsp3) is 0.286. The van der Waals surface area contributed by atoms with E-state index >= 15 is 0 Å². The van der Waals surface area contributed by atoms with Crippen LogP contribution < -0.4 is 5.73 Å². The molecule has 112 valence electrons. The van der Waals surface area contributed by atoms with Crippen LogP contribution in [0.4, 0.5) is 5.69 Å². The van der Waals surface area contributed by atoms with E-state index in [1.165, 1.54) is 12.1 Å². The molecule has 0 aliphatic carbocycles. The number of carbonyl (C=O) groups excluding carboxylic acids is 1. The predicted molar refractivity (Wildman–Crippen MR) is 82.6 cm³/mol. The predicted octanol–water partition coefficient (Wildman–Crippen LogP) is 3.23. The number of esters is 1. The average Bonchev–Trinajstić information content (AvgIpc) is 2.71. The van der Waals surface area contributed by atoms with Gasteiger partial charge in [0, 0.05) is 17.8 Å². The van der Waals surface area contributed by atoms with Gasteiger partial charge in [-0.3, -0.25) is 4.68 Å². The Kier molecular flexibility index (Phi) is 4.75. The molecule has 5 nitrogen and oxygen atoms in total. The number of nitrogen functional groups attached to an aromatic ring is 1. The van der Waals surface area contributed by atoms with Crippen LogP contribution >= 0.6 is 23.2 Å². The van der Waals surface area contributed by atoms with E-state index < -0.39 is 5.97 Å². The first-order valence-corrected chi connectivity index (χ1v) is 7.12. The first-order valence-electron chi connectivity index (χ1n) is 6.36. The van der Waals surface area contributed by atoms with Crippen molar-refractivity contribution >= 4 is 34.9 Å². The highest BCUT2D eigenvalue weighted by atomic mass is 35.5. The van der Waals surface area contributed by atoms with Crippen molar-refractivity contribution in [2.45, 2.75) is 20.0 Å². The Morgan fingerprint density at radius 2 is 2.14 bits per heavy atom. The molecule has 1 aromatic heterocycles. The van der Waals surface area contributed by atoms with Crippen LogP contribution in [0.5, 0.6) is 0 Å². The lowest BCUT2D eigenvalue weighted by molar-refractivity contribution is 0.0465. The SMILES string of the molecule is CCc1nn(C)c(COC(=O)c2ccc(Cl)cc2N)c1Cl. The third-order valence-electron chi connectivity index (χ3n) is 3.08. The summed E-state index contributed by atoms with van der Waals surface area (Å²) in [5.41, 5.74) is 7.72. The van der Waals surface area contributed by atoms with Crippen LogP contribution in [-0.4, -0.2) is 15.7 Å². The maximum Gasteiger partial charge on any atom is 0.340 e. The maximum absolute atomic E-state index is 12.0. The van der Waals surface area contributed by atoms with Gasteiger partial charge in [-0.1, -0.05) is 30.1 Å². The van der Waals surface area contributed by atoms with Gasteiger partial charge in [0.25, 0.3) is 0 Å². The lowest BCUT2D eigenvalue weighted by Gasteiger charge is -2.08. The summed E-state index contributed by atoms with van der Waals surface area (Å²) in [6.07, 6.45) is 0.713. The van der Waals surface area contributed by atoms with E-state index in [2.05, 4.69) is 5.10 Å². The van der Waals surface area contributed by atoms with E-state index in [4.69, 9.17) is 33.7 Å². The van der Waals surface area contributed by atoms with E-state index in [0.717, 1.165) is 5.69 Å². The van der Waals surface area contributed by atoms with Crippen LogP contribution in [0.3, 0.4) is 0 Å². The van der Waals surface area contributed by atoms with Crippen LogP contribution in [0.1, 0.15) is 28.7 Å². The van der Waals surface area contributed by atoms with Crippen molar-refractivity contribution in [2.75, 3.05) is 5.73 Å². The molecule has 2 N–H and O–H groups in total. The standard InChI is InChI=1S/C14H15Cl2N3O2/c1-3-11-13(16)12(19(2)18-11)7-21-14(20)9-5-4-8(15)6-10(9)17/h4-6H,3,7,17H2,1-2H3. The second-order valence-corrected chi connectivity index (χ2v) is 5.31. The first kappa shape index (κ1) is 15.7. The minimum absolute atomic E-state index is 0.0310. The number of hydrogen-bond donors (Lipinski definition) is 1. The van der Waals surface area contributed by atoms with Gasteiger partial charge in [-0.2, -0.15) is 5.10 Å². The summed E-state index contributed by atoms with van der Waals surface area (Å²) in [6.45, 7) is 1.99. The quantitative estimate of drug-likeness (QED) is 0.691. The van der Waals surface area contributed by atoms with Gasteiger partial charge in [-0.15, -0.1) is 0 Å². The number of carbonyl (C=O) groups is 1. The maximum atomic E-state index is 12.0. The second-order valence-electron chi connectivity index (χ2n) is 4.49. The summed E-state index contributed by atoms with van der Waals surface area (Å²) >= 11 is 12.0. The summed E-state index contributed by atoms with van der Waals surface area (Å²) in [6, 6.07) is 4.62. The molecular weight excluding hydrogens is 313 g/mol. The lowest BCUT2D eigenvalue weighted by atomic mass is 10.2. The fourth-order valence-electron chi connectivity index (χ4n) is 1.91. The van der Waals surface area contributed by atoms with Crippen LogP contribution in [-0.2, 0) is 24.8 Å². The number of benzene rings is 1. The lowest BCUT2D eigenvalue weighted by Crippen LogP contribution is -2.10. The van der Waals surface area contributed by atoms with Crippen LogP contribution in [0.2, 0.25) is 10.0 Å². The third kappa shape index (κ3) is 3.31. The van der Waals surface area contributed by atoms with Gasteiger partial charge < -0.3 is 10.5 Å². The number of rotatable bonds is 4. The first-order chi connectivity index (χ1) is 9.93. The molecule has 0 aliphatic heterocycles. The summed E-state index contributed by atoms with van der Waals surface area (Å²) in [4.78, 5) is 12.0. The van der Waals surface area contributed by atoms with Crippen LogP contribution in [0, 0.1) is 0 Å². The largest absolute Gasteiger partial charge is 0.455 e. The molecule has 21 heavy (non-hydrogen) atoms. The summed E-state index contributed by atoms with van der Waals surface area (Å²) in [5.74, 6) is -0.528. The van der Waals surface area contributed by atoms with E-state index in [-0.39, 0.29) is 17.9 Å². The Bertz CT molecular complexity index is 683. The van der Waals surface area contributed by atoms with E-state index in [9.17, 15) is 4.79 Å². The number of nitrogens with two attached hydrogens (primary N) is 1. The molecule has 2 aromatic rings. The summed E-state index contributed by atoms with van der Waals surface area (Å²) in [7, 11) is 1.75. The highest BCUT2D eigenvalue weighted by molar-refractivity contribution is 6.32. The zero-order chi connectivity index (χ0) is 15.6. The zero-order valence-corrected chi connectivity index (χ0v) is 13.2. The van der Waals surface area contributed by atoms with Crippen molar-refractivity contribution in [1.82, 2.24) is 9.78 Å². The molecule has 0 bridgehead atoms. The normalized spacial score (nSPS) is 10.7. The van der Waals surface area contributed by atoms with Gasteiger partial charge in [0.15, 0.2) is 0 Å². The number of anilines is 1. The number of halogens is 2. The Morgan fingerprint density at radius 3 is 2.71 bits per heavy atom. The molecule has 0 saturated carbocycles. The van der Waals surface area contributed by atoms with Crippen molar-refractivity contribution in [3.63, 3.8) is 0 Å². The van der Waals surface area contributed by atoms with Crippen molar-refractivity contribution < 1.29 is 9.53 Å². The number of hydrogen-bond acceptors (Lipinski definition) is 4. The molecule has 0 aliphatic rings. The van der Waals surface area contributed by atoms with Crippen molar-refractivity contribution in [3.8, 4) is 0 Å². The van der Waals surface area contributed by atoms with E-state index in [1.54, 1.807) is 17.8 Å². The topological polar surface area (TPSA) is 70.1 Å². The Hall–Kier alpha value is -1.72. The molecule has 0 atom stereocenters. The molecule has 2 rings (SSSR count). The number of aryl methyl sites for hydroxylation is 2. The van der Waals surface area contributed by atoms with Crippen molar-refractivity contribution in [2.24, 2.45) is 7.05 Å². The van der Waals surface area contributed by atoms with Gasteiger partial charge in [-0.25, -0.2) is 4.79 Å². The minimum Gasteiger partial charge on any atom is -0.455 e. The molecule has 0 fully saturated rings. The van der Waals surface area contributed by atoms with E-state index in [1.807, 2.05) is 6.92 Å². The molecule has 0 spiro atoms. The Balaban J connectivity index is 2.13. The molecular formula is C14H15Cl2N3O2. The molecule has 1 aromatic carbocycles.